The van der Waals surface area contributed by atoms with Gasteiger partial charge >= 0.3 is 0 Å². The van der Waals surface area contributed by atoms with Crippen molar-refractivity contribution in [2.24, 2.45) is 5.16 Å². The number of hydrogen-bond acceptors (Lipinski definition) is 2. The number of oxime groups is 1. The Morgan fingerprint density at radius 3 is 2.91 bits per heavy atom. The average Bonchev–Trinajstić information content (AvgIpc) is 1.99. The second-order valence-electron chi connectivity index (χ2n) is 1.89. The van der Waals surface area contributed by atoms with E-state index in [4.69, 9.17) is 5.21 Å². The second-order valence-corrected chi connectivity index (χ2v) is 2.74. The monoisotopic (exact) mass is 217 g/mol. The summed E-state index contributed by atoms with van der Waals surface area (Å²) in [5.74, 6) is -0.426. The highest BCUT2D eigenvalue weighted by Crippen LogP contribution is 2.16. The number of hydrogen-bond donors (Lipinski definition) is 1. The Kier molecular flexibility index (Phi) is 2.59. The first-order valence-corrected chi connectivity index (χ1v) is 3.66. The maximum atomic E-state index is 12.9. The summed E-state index contributed by atoms with van der Waals surface area (Å²) in [4.78, 5) is 0. The molecule has 0 amide bonds. The van der Waals surface area contributed by atoms with E-state index >= 15 is 0 Å². The first-order chi connectivity index (χ1) is 5.25. The lowest BCUT2D eigenvalue weighted by Crippen LogP contribution is -1.88. The van der Waals surface area contributed by atoms with Crippen molar-refractivity contribution < 1.29 is 9.60 Å². The first-order valence-electron chi connectivity index (χ1n) is 2.87. The van der Waals surface area contributed by atoms with Crippen molar-refractivity contribution in [3.63, 3.8) is 0 Å². The molecule has 0 aliphatic carbocycles. The van der Waals surface area contributed by atoms with E-state index in [2.05, 4.69) is 21.1 Å². The van der Waals surface area contributed by atoms with Gasteiger partial charge < -0.3 is 5.21 Å². The van der Waals surface area contributed by atoms with Gasteiger partial charge in [-0.25, -0.2) is 4.39 Å². The highest BCUT2D eigenvalue weighted by Gasteiger charge is 2.02. The summed E-state index contributed by atoms with van der Waals surface area (Å²) < 4.78 is 13.3. The van der Waals surface area contributed by atoms with Crippen LogP contribution in [0.1, 0.15) is 5.56 Å². The predicted octanol–water partition coefficient (Wildman–Crippen LogP) is 2.40. The number of nitrogens with zero attached hydrogens (tertiary/aromatic N) is 1. The van der Waals surface area contributed by atoms with Gasteiger partial charge in [-0.1, -0.05) is 17.3 Å². The molecule has 11 heavy (non-hydrogen) atoms. The minimum atomic E-state index is -0.426. The molecule has 0 aromatic heterocycles. The van der Waals surface area contributed by atoms with Crippen LogP contribution in [-0.2, 0) is 0 Å². The highest BCUT2D eigenvalue weighted by atomic mass is 79.9. The Labute approximate surface area is 71.5 Å². The fourth-order valence-electron chi connectivity index (χ4n) is 0.682. The van der Waals surface area contributed by atoms with Crippen LogP contribution < -0.4 is 0 Å². The van der Waals surface area contributed by atoms with Crippen LogP contribution in [0.2, 0.25) is 0 Å². The normalized spacial score (nSPS) is 10.7. The molecule has 0 fully saturated rings. The smallest absolute Gasteiger partial charge is 0.146 e. The molecule has 1 N–H and O–H groups in total. The Balaban J connectivity index is 3.16. The number of halogens is 2. The highest BCUT2D eigenvalue weighted by molar-refractivity contribution is 9.10. The van der Waals surface area contributed by atoms with Crippen molar-refractivity contribution >= 4 is 22.1 Å². The van der Waals surface area contributed by atoms with Gasteiger partial charge in [-0.15, -0.1) is 0 Å². The molecule has 1 aromatic rings. The summed E-state index contributed by atoms with van der Waals surface area (Å²) in [6.07, 6.45) is 1.04. The van der Waals surface area contributed by atoms with E-state index in [1.54, 1.807) is 12.1 Å². The first kappa shape index (κ1) is 8.20. The third-order valence-electron chi connectivity index (χ3n) is 1.18. The SMILES string of the molecule is O/N=C\c1cccc(Br)c1F. The van der Waals surface area contributed by atoms with Crippen LogP contribution in [-0.4, -0.2) is 11.4 Å². The summed E-state index contributed by atoms with van der Waals surface area (Å²) in [5.41, 5.74) is 0.252. The molecule has 0 unspecified atom stereocenters. The number of benzene rings is 1. The molecule has 1 rings (SSSR count). The van der Waals surface area contributed by atoms with Crippen molar-refractivity contribution in [2.75, 3.05) is 0 Å². The molecule has 0 saturated carbocycles. The average molecular weight is 218 g/mol. The standard InChI is InChI=1S/C7H5BrFNO/c8-6-3-1-2-5(4-10-11)7(6)9/h1-4,11H/b10-4-. The molecular weight excluding hydrogens is 213 g/mol. The van der Waals surface area contributed by atoms with Crippen LogP contribution in [0.25, 0.3) is 0 Å². The van der Waals surface area contributed by atoms with Crippen LogP contribution in [0, 0.1) is 5.82 Å². The molecule has 0 atom stereocenters. The quantitative estimate of drug-likeness (QED) is 0.438. The van der Waals surface area contributed by atoms with Crippen molar-refractivity contribution in [1.82, 2.24) is 0 Å². The third kappa shape index (κ3) is 1.77. The van der Waals surface area contributed by atoms with Gasteiger partial charge in [0.15, 0.2) is 0 Å². The van der Waals surface area contributed by atoms with Gasteiger partial charge in [0.1, 0.15) is 5.82 Å². The van der Waals surface area contributed by atoms with Crippen LogP contribution in [0.3, 0.4) is 0 Å². The Bertz CT molecular complexity index is 288. The van der Waals surface area contributed by atoms with Crippen molar-refractivity contribution in [2.45, 2.75) is 0 Å². The fourth-order valence-corrected chi connectivity index (χ4v) is 1.06. The molecule has 0 saturated heterocycles. The Morgan fingerprint density at radius 1 is 1.55 bits per heavy atom. The van der Waals surface area contributed by atoms with Gasteiger partial charge in [0.05, 0.1) is 10.7 Å². The lowest BCUT2D eigenvalue weighted by molar-refractivity contribution is 0.321. The van der Waals surface area contributed by atoms with E-state index in [9.17, 15) is 4.39 Å². The molecule has 58 valence electrons. The molecule has 0 aliphatic heterocycles. The van der Waals surface area contributed by atoms with E-state index in [1.807, 2.05) is 0 Å². The predicted molar refractivity (Wildman–Crippen MR) is 43.5 cm³/mol. The zero-order valence-corrected chi connectivity index (χ0v) is 7.05. The van der Waals surface area contributed by atoms with E-state index in [0.717, 1.165) is 6.21 Å². The van der Waals surface area contributed by atoms with Crippen molar-refractivity contribution in [3.8, 4) is 0 Å². The maximum Gasteiger partial charge on any atom is 0.146 e. The molecule has 0 bridgehead atoms. The summed E-state index contributed by atoms with van der Waals surface area (Å²) in [6.45, 7) is 0. The van der Waals surface area contributed by atoms with Gasteiger partial charge in [-0.3, -0.25) is 0 Å². The minimum Gasteiger partial charge on any atom is -0.411 e. The van der Waals surface area contributed by atoms with Gasteiger partial charge in [-0.2, -0.15) is 0 Å². The summed E-state index contributed by atoms with van der Waals surface area (Å²) in [5, 5.41) is 10.8. The summed E-state index contributed by atoms with van der Waals surface area (Å²) in [7, 11) is 0. The fraction of sp³-hybridized carbons (Fsp3) is 0. The molecule has 1 aromatic carbocycles. The van der Waals surface area contributed by atoms with Gasteiger partial charge in [-0.05, 0) is 22.0 Å². The summed E-state index contributed by atoms with van der Waals surface area (Å²) >= 11 is 3.00. The van der Waals surface area contributed by atoms with E-state index in [0.29, 0.717) is 4.47 Å². The van der Waals surface area contributed by atoms with Crippen LogP contribution in [0.5, 0.6) is 0 Å². The zero-order chi connectivity index (χ0) is 8.27. The molecule has 0 heterocycles. The Hall–Kier alpha value is -0.900. The van der Waals surface area contributed by atoms with Crippen LogP contribution in [0.15, 0.2) is 27.8 Å². The minimum absolute atomic E-state index is 0.252. The van der Waals surface area contributed by atoms with Crippen LogP contribution in [0.4, 0.5) is 4.39 Å². The second kappa shape index (κ2) is 3.48. The Morgan fingerprint density at radius 2 is 2.27 bits per heavy atom. The summed E-state index contributed by atoms with van der Waals surface area (Å²) in [6, 6.07) is 4.74. The third-order valence-corrected chi connectivity index (χ3v) is 1.79. The van der Waals surface area contributed by atoms with Gasteiger partial charge in [0, 0.05) is 5.56 Å². The topological polar surface area (TPSA) is 32.6 Å². The molecule has 2 nitrogen and oxygen atoms in total. The zero-order valence-electron chi connectivity index (χ0n) is 5.46. The van der Waals surface area contributed by atoms with Crippen molar-refractivity contribution in [1.29, 1.82) is 0 Å². The lowest BCUT2D eigenvalue weighted by Gasteiger charge is -1.95. The van der Waals surface area contributed by atoms with Crippen molar-refractivity contribution in [3.05, 3.63) is 34.1 Å². The maximum absolute atomic E-state index is 12.9. The van der Waals surface area contributed by atoms with E-state index < -0.39 is 5.82 Å². The van der Waals surface area contributed by atoms with E-state index in [1.165, 1.54) is 6.07 Å². The van der Waals surface area contributed by atoms with Gasteiger partial charge in [0.25, 0.3) is 0 Å². The van der Waals surface area contributed by atoms with Crippen LogP contribution >= 0.6 is 15.9 Å². The largest absolute Gasteiger partial charge is 0.411 e. The van der Waals surface area contributed by atoms with E-state index in [-0.39, 0.29) is 5.56 Å². The molecule has 0 spiro atoms. The van der Waals surface area contributed by atoms with Gasteiger partial charge in [0.2, 0.25) is 0 Å². The molecule has 0 radical (unpaired) electrons. The lowest BCUT2D eigenvalue weighted by atomic mass is 10.2. The number of rotatable bonds is 1. The molecule has 4 heteroatoms. The molecule has 0 aliphatic rings. The molecular formula is C7H5BrFNO.